The Bertz CT molecular complexity index is 756. The number of halogens is 1. The highest BCUT2D eigenvalue weighted by Crippen LogP contribution is 2.16. The molecule has 2 heterocycles. The minimum Gasteiger partial charge on any atom is -0.459 e. The molecule has 0 radical (unpaired) electrons. The lowest BCUT2D eigenvalue weighted by Gasteiger charge is -2.22. The van der Waals surface area contributed by atoms with Crippen molar-refractivity contribution in [3.05, 3.63) is 59.3 Å². The van der Waals surface area contributed by atoms with Crippen molar-refractivity contribution >= 4 is 11.8 Å². The number of aryl methyl sites for hydroxylation is 1. The number of carbonyl (C=O) groups is 2. The molecule has 5 nitrogen and oxygen atoms in total. The van der Waals surface area contributed by atoms with E-state index in [-0.39, 0.29) is 30.6 Å². The van der Waals surface area contributed by atoms with Crippen LogP contribution in [0.4, 0.5) is 4.39 Å². The van der Waals surface area contributed by atoms with Crippen molar-refractivity contribution in [3.8, 4) is 0 Å². The standard InChI is InChI=1S/C18H19FN2O3/c1-13-7-11-24-17(13)18(23)20-8-6-16(22)21(10-9-20)12-14-4-2-3-5-15(14)19/h2-5,7,11H,6,8-10,12H2,1H3. The van der Waals surface area contributed by atoms with Gasteiger partial charge in [-0.1, -0.05) is 18.2 Å². The average Bonchev–Trinajstić information content (AvgIpc) is 2.91. The Morgan fingerprint density at radius 1 is 1.21 bits per heavy atom. The van der Waals surface area contributed by atoms with E-state index in [0.29, 0.717) is 31.0 Å². The van der Waals surface area contributed by atoms with Gasteiger partial charge in [-0.15, -0.1) is 0 Å². The fourth-order valence-corrected chi connectivity index (χ4v) is 2.80. The Balaban J connectivity index is 1.69. The Morgan fingerprint density at radius 3 is 2.71 bits per heavy atom. The molecule has 24 heavy (non-hydrogen) atoms. The molecular weight excluding hydrogens is 311 g/mol. The van der Waals surface area contributed by atoms with Crippen molar-refractivity contribution in [1.29, 1.82) is 0 Å². The summed E-state index contributed by atoms with van der Waals surface area (Å²) in [5, 5.41) is 0. The van der Waals surface area contributed by atoms with E-state index in [1.807, 2.05) is 6.92 Å². The van der Waals surface area contributed by atoms with Gasteiger partial charge in [-0.2, -0.15) is 0 Å². The van der Waals surface area contributed by atoms with Crippen molar-refractivity contribution in [2.45, 2.75) is 19.9 Å². The number of amides is 2. The van der Waals surface area contributed by atoms with Crippen molar-refractivity contribution in [3.63, 3.8) is 0 Å². The molecule has 0 bridgehead atoms. The number of furan rings is 1. The fourth-order valence-electron chi connectivity index (χ4n) is 2.80. The normalized spacial score (nSPS) is 15.5. The molecule has 0 atom stereocenters. The number of hydrogen-bond donors (Lipinski definition) is 0. The Kier molecular flexibility index (Phi) is 4.64. The van der Waals surface area contributed by atoms with Crippen LogP contribution in [0.15, 0.2) is 41.0 Å². The van der Waals surface area contributed by atoms with Crippen LogP contribution in [-0.4, -0.2) is 41.2 Å². The first-order valence-corrected chi connectivity index (χ1v) is 7.91. The van der Waals surface area contributed by atoms with E-state index < -0.39 is 0 Å². The summed E-state index contributed by atoms with van der Waals surface area (Å²) in [4.78, 5) is 28.0. The minimum absolute atomic E-state index is 0.0790. The summed E-state index contributed by atoms with van der Waals surface area (Å²) in [5.74, 6) is -0.304. The van der Waals surface area contributed by atoms with Gasteiger partial charge in [0.1, 0.15) is 5.82 Å². The third-order valence-corrected chi connectivity index (χ3v) is 4.25. The van der Waals surface area contributed by atoms with Gasteiger partial charge in [-0.05, 0) is 19.1 Å². The van der Waals surface area contributed by atoms with Crippen LogP contribution in [0.1, 0.15) is 28.1 Å². The van der Waals surface area contributed by atoms with E-state index in [9.17, 15) is 14.0 Å². The monoisotopic (exact) mass is 330 g/mol. The lowest BCUT2D eigenvalue weighted by atomic mass is 10.2. The van der Waals surface area contributed by atoms with Crippen LogP contribution in [0.2, 0.25) is 0 Å². The van der Waals surface area contributed by atoms with Gasteiger partial charge in [0.25, 0.3) is 5.91 Å². The molecule has 6 heteroatoms. The molecule has 2 aromatic rings. The maximum absolute atomic E-state index is 13.8. The van der Waals surface area contributed by atoms with Crippen LogP contribution in [0.5, 0.6) is 0 Å². The molecule has 0 unspecified atom stereocenters. The van der Waals surface area contributed by atoms with Gasteiger partial charge in [0.05, 0.1) is 6.26 Å². The zero-order valence-electron chi connectivity index (χ0n) is 13.5. The highest BCUT2D eigenvalue weighted by atomic mass is 19.1. The summed E-state index contributed by atoms with van der Waals surface area (Å²) < 4.78 is 19.0. The third-order valence-electron chi connectivity index (χ3n) is 4.25. The second-order valence-corrected chi connectivity index (χ2v) is 5.88. The summed E-state index contributed by atoms with van der Waals surface area (Å²) in [6, 6.07) is 8.15. The van der Waals surface area contributed by atoms with Crippen molar-refractivity contribution in [1.82, 2.24) is 9.80 Å². The second-order valence-electron chi connectivity index (χ2n) is 5.88. The van der Waals surface area contributed by atoms with Crippen LogP contribution >= 0.6 is 0 Å². The predicted molar refractivity (Wildman–Crippen MR) is 85.8 cm³/mol. The lowest BCUT2D eigenvalue weighted by molar-refractivity contribution is -0.130. The predicted octanol–water partition coefficient (Wildman–Crippen LogP) is 2.60. The number of carbonyl (C=O) groups excluding carboxylic acids is 2. The molecule has 1 aromatic heterocycles. The highest BCUT2D eigenvalue weighted by Gasteiger charge is 2.27. The first-order chi connectivity index (χ1) is 11.6. The molecule has 1 aliphatic heterocycles. The second kappa shape index (κ2) is 6.86. The maximum Gasteiger partial charge on any atom is 0.289 e. The van der Waals surface area contributed by atoms with Crippen molar-refractivity contribution < 1.29 is 18.4 Å². The zero-order valence-corrected chi connectivity index (χ0v) is 13.5. The smallest absolute Gasteiger partial charge is 0.289 e. The van der Waals surface area contributed by atoms with E-state index in [2.05, 4.69) is 0 Å². The summed E-state index contributed by atoms with van der Waals surface area (Å²) in [7, 11) is 0. The summed E-state index contributed by atoms with van der Waals surface area (Å²) in [6.07, 6.45) is 1.70. The van der Waals surface area contributed by atoms with E-state index in [0.717, 1.165) is 5.56 Å². The first-order valence-electron chi connectivity index (χ1n) is 7.91. The van der Waals surface area contributed by atoms with E-state index in [4.69, 9.17) is 4.42 Å². The Morgan fingerprint density at radius 2 is 2.00 bits per heavy atom. The molecule has 1 aliphatic rings. The van der Waals surface area contributed by atoms with Crippen LogP contribution in [0.3, 0.4) is 0 Å². The molecule has 0 saturated carbocycles. The molecule has 126 valence electrons. The fraction of sp³-hybridized carbons (Fsp3) is 0.333. The third kappa shape index (κ3) is 3.32. The van der Waals surface area contributed by atoms with E-state index in [1.54, 1.807) is 34.1 Å². The Hall–Kier alpha value is -2.63. The summed E-state index contributed by atoms with van der Waals surface area (Å²) in [6.45, 7) is 3.14. The van der Waals surface area contributed by atoms with Crippen LogP contribution in [0, 0.1) is 12.7 Å². The average molecular weight is 330 g/mol. The summed E-state index contributed by atoms with van der Waals surface area (Å²) >= 11 is 0. The molecule has 0 aliphatic carbocycles. The molecule has 3 rings (SSSR count). The van der Waals surface area contributed by atoms with Gasteiger partial charge < -0.3 is 14.2 Å². The first kappa shape index (κ1) is 16.2. The largest absolute Gasteiger partial charge is 0.459 e. The quantitative estimate of drug-likeness (QED) is 0.869. The molecule has 1 saturated heterocycles. The molecule has 0 N–H and O–H groups in total. The van der Waals surface area contributed by atoms with Gasteiger partial charge in [0.2, 0.25) is 5.91 Å². The van der Waals surface area contributed by atoms with Crippen LogP contribution < -0.4 is 0 Å². The van der Waals surface area contributed by atoms with Gasteiger partial charge in [0, 0.05) is 43.7 Å². The van der Waals surface area contributed by atoms with Gasteiger partial charge >= 0.3 is 0 Å². The molecule has 0 spiro atoms. The number of hydrogen-bond acceptors (Lipinski definition) is 3. The van der Waals surface area contributed by atoms with Gasteiger partial charge in [0.15, 0.2) is 5.76 Å². The molecule has 1 fully saturated rings. The highest BCUT2D eigenvalue weighted by molar-refractivity contribution is 5.93. The number of rotatable bonds is 3. The van der Waals surface area contributed by atoms with Crippen molar-refractivity contribution in [2.24, 2.45) is 0 Å². The maximum atomic E-state index is 13.8. The topological polar surface area (TPSA) is 53.8 Å². The number of nitrogens with zero attached hydrogens (tertiary/aromatic N) is 2. The minimum atomic E-state index is -0.325. The SMILES string of the molecule is Cc1ccoc1C(=O)N1CCC(=O)N(Cc2ccccc2F)CC1. The van der Waals surface area contributed by atoms with Gasteiger partial charge in [-0.3, -0.25) is 9.59 Å². The van der Waals surface area contributed by atoms with E-state index >= 15 is 0 Å². The zero-order chi connectivity index (χ0) is 17.1. The van der Waals surface area contributed by atoms with Gasteiger partial charge in [-0.25, -0.2) is 4.39 Å². The van der Waals surface area contributed by atoms with E-state index in [1.165, 1.54) is 12.3 Å². The van der Waals surface area contributed by atoms with Crippen LogP contribution in [-0.2, 0) is 11.3 Å². The Labute approximate surface area is 139 Å². The summed E-state index contributed by atoms with van der Waals surface area (Å²) in [5.41, 5.74) is 1.26. The molecule has 2 amide bonds. The number of benzene rings is 1. The van der Waals surface area contributed by atoms with Crippen LogP contribution in [0.25, 0.3) is 0 Å². The van der Waals surface area contributed by atoms with Crippen molar-refractivity contribution in [2.75, 3.05) is 19.6 Å². The lowest BCUT2D eigenvalue weighted by Crippen LogP contribution is -2.35. The molecular formula is C18H19FN2O3. The molecule has 1 aromatic carbocycles.